The van der Waals surface area contributed by atoms with Crippen LogP contribution in [-0.4, -0.2) is 99.5 Å². The third-order valence-corrected chi connectivity index (χ3v) is 6.86. The Morgan fingerprint density at radius 2 is 1.36 bits per heavy atom. The monoisotopic (exact) mass is 632 g/mol. The van der Waals surface area contributed by atoms with Gasteiger partial charge in [-0.05, 0) is 24.3 Å². The lowest BCUT2D eigenvalue weighted by molar-refractivity contribution is -0.276. The second-order valence-corrected chi connectivity index (χ2v) is 9.85. The first kappa shape index (κ1) is 30.8. The lowest BCUT2D eigenvalue weighted by atomic mass is 9.99. The van der Waals surface area contributed by atoms with Crippen molar-refractivity contribution in [3.63, 3.8) is 0 Å². The van der Waals surface area contributed by atoms with Gasteiger partial charge < -0.3 is 74.8 Å². The Morgan fingerprint density at radius 3 is 1.93 bits per heavy atom. The van der Waals surface area contributed by atoms with Crippen LogP contribution in [-0.2, 0) is 9.47 Å². The van der Waals surface area contributed by atoms with Gasteiger partial charge in [0.05, 0.1) is 12.2 Å². The maximum Gasteiger partial charge on any atom is 0.339 e. The molecule has 0 bridgehead atoms. The van der Waals surface area contributed by atoms with E-state index in [1.807, 2.05) is 0 Å². The lowest BCUT2D eigenvalue weighted by Crippen LogP contribution is -2.61. The van der Waals surface area contributed by atoms with Crippen LogP contribution in [0.25, 0.3) is 22.3 Å². The first-order valence-electron chi connectivity index (χ1n) is 12.7. The summed E-state index contributed by atoms with van der Waals surface area (Å²) in [4.78, 5) is 26.7. The van der Waals surface area contributed by atoms with Crippen molar-refractivity contribution < 1.29 is 79.6 Å². The summed E-state index contributed by atoms with van der Waals surface area (Å²) in [5, 5.41) is 110. The lowest BCUT2D eigenvalue weighted by Gasteiger charge is -2.41. The molecule has 17 nitrogen and oxygen atoms in total. The molecule has 0 aliphatic carbocycles. The van der Waals surface area contributed by atoms with Crippen LogP contribution in [0.4, 0.5) is 0 Å². The van der Waals surface area contributed by atoms with E-state index in [2.05, 4.69) is 0 Å². The summed E-state index contributed by atoms with van der Waals surface area (Å²) in [7, 11) is 0. The number of rotatable bonds is 6. The van der Waals surface area contributed by atoms with E-state index in [-0.39, 0.29) is 5.56 Å². The summed E-state index contributed by atoms with van der Waals surface area (Å²) in [6, 6.07) is 4.82. The number of hydrogen-bond acceptors (Lipinski definition) is 17. The molecule has 1 saturated heterocycles. The number of fused-ring (bicyclic) bond motifs is 1. The van der Waals surface area contributed by atoms with E-state index in [9.17, 15) is 65.8 Å². The van der Waals surface area contributed by atoms with Crippen LogP contribution in [0.2, 0.25) is 0 Å². The summed E-state index contributed by atoms with van der Waals surface area (Å²) >= 11 is 0. The van der Waals surface area contributed by atoms with E-state index >= 15 is 0 Å². The second kappa shape index (κ2) is 11.5. The highest BCUT2D eigenvalue weighted by Gasteiger charge is 2.49. The highest BCUT2D eigenvalue weighted by molar-refractivity contribution is 5.91. The van der Waals surface area contributed by atoms with Gasteiger partial charge in [0.25, 0.3) is 0 Å². The Balaban J connectivity index is 1.65. The zero-order valence-electron chi connectivity index (χ0n) is 22.4. The van der Waals surface area contributed by atoms with Crippen LogP contribution in [0.3, 0.4) is 0 Å². The van der Waals surface area contributed by atoms with E-state index in [1.54, 1.807) is 0 Å². The van der Waals surface area contributed by atoms with Crippen LogP contribution >= 0.6 is 0 Å². The fraction of sp³-hybridized carbons (Fsp3) is 0.214. The third-order valence-electron chi connectivity index (χ3n) is 6.86. The molecule has 4 aromatic rings. The Labute approximate surface area is 249 Å². The molecule has 17 heteroatoms. The fourth-order valence-electron chi connectivity index (χ4n) is 4.61. The Kier molecular flexibility index (Phi) is 7.86. The summed E-state index contributed by atoms with van der Waals surface area (Å²) in [6.45, 7) is -0.919. The highest BCUT2D eigenvalue weighted by atomic mass is 16.7. The summed E-state index contributed by atoms with van der Waals surface area (Å²) in [6.07, 6.45) is -9.68. The summed E-state index contributed by atoms with van der Waals surface area (Å²) in [5.74, 6) is -9.65. The highest BCUT2D eigenvalue weighted by Crippen LogP contribution is 2.43. The molecule has 11 N–H and O–H groups in total. The molecule has 0 saturated carbocycles. The van der Waals surface area contributed by atoms with Gasteiger partial charge in [-0.15, -0.1) is 0 Å². The molecule has 1 fully saturated rings. The van der Waals surface area contributed by atoms with Crippen molar-refractivity contribution in [2.24, 2.45) is 0 Å². The molecule has 1 aliphatic heterocycles. The normalized spacial score (nSPS) is 21.4. The van der Waals surface area contributed by atoms with Crippen molar-refractivity contribution in [3.05, 3.63) is 52.2 Å². The molecule has 45 heavy (non-hydrogen) atoms. The largest absolute Gasteiger partial charge is 0.508 e. The van der Waals surface area contributed by atoms with Crippen molar-refractivity contribution in [3.8, 4) is 63.1 Å². The van der Waals surface area contributed by atoms with Crippen LogP contribution < -0.4 is 10.2 Å². The van der Waals surface area contributed by atoms with Gasteiger partial charge in [-0.3, -0.25) is 4.79 Å². The molecule has 1 aliphatic rings. The van der Waals surface area contributed by atoms with Gasteiger partial charge in [0, 0.05) is 17.7 Å². The van der Waals surface area contributed by atoms with E-state index in [1.165, 1.54) is 0 Å². The van der Waals surface area contributed by atoms with E-state index in [4.69, 9.17) is 18.6 Å². The second-order valence-electron chi connectivity index (χ2n) is 9.85. The van der Waals surface area contributed by atoms with E-state index in [0.717, 1.165) is 24.3 Å². The Bertz CT molecular complexity index is 1820. The standard InChI is InChI=1S/C28H24O17/c29-7-17-21(38)23(40)26(44-27(41)9-3-14(34)20(37)15(35)4-9)28(43-17)45-25-22(39)18-11(31)5-10(30)6-16(18)42-24(25)8-1-12(32)19(36)13(33)2-8/h1-6,17,21,23,26,28-38,40H,7H2. The van der Waals surface area contributed by atoms with Crippen molar-refractivity contribution >= 4 is 16.9 Å². The molecule has 0 radical (unpaired) electrons. The molecule has 0 amide bonds. The Hall–Kier alpha value is -5.62. The molecule has 238 valence electrons. The molecule has 3 aromatic carbocycles. The van der Waals surface area contributed by atoms with Crippen LogP contribution in [0, 0.1) is 0 Å². The molecular formula is C28H24O17. The van der Waals surface area contributed by atoms with Crippen molar-refractivity contribution in [1.82, 2.24) is 0 Å². The van der Waals surface area contributed by atoms with E-state index in [0.29, 0.717) is 12.1 Å². The average molecular weight is 632 g/mol. The predicted molar refractivity (Wildman–Crippen MR) is 145 cm³/mol. The number of hydrogen-bond donors (Lipinski definition) is 11. The number of phenols is 8. The van der Waals surface area contributed by atoms with Gasteiger partial charge >= 0.3 is 5.97 Å². The van der Waals surface area contributed by atoms with Crippen molar-refractivity contribution in [2.75, 3.05) is 6.61 Å². The molecule has 0 spiro atoms. The van der Waals surface area contributed by atoms with Crippen molar-refractivity contribution in [1.29, 1.82) is 0 Å². The van der Waals surface area contributed by atoms with Gasteiger partial charge in [0.15, 0.2) is 46.4 Å². The topological polar surface area (TPSA) is 298 Å². The van der Waals surface area contributed by atoms with Crippen LogP contribution in [0.5, 0.6) is 51.7 Å². The predicted octanol–water partition coefficient (Wildman–Crippen LogP) is 0.148. The number of benzene rings is 3. The number of carbonyl (C=O) groups is 1. The summed E-state index contributed by atoms with van der Waals surface area (Å²) < 4.78 is 22.1. The van der Waals surface area contributed by atoms with Gasteiger partial charge in [-0.1, -0.05) is 0 Å². The van der Waals surface area contributed by atoms with Gasteiger partial charge in [-0.25, -0.2) is 4.79 Å². The first-order valence-corrected chi connectivity index (χ1v) is 12.7. The molecule has 5 unspecified atom stereocenters. The number of carbonyl (C=O) groups excluding carboxylic acids is 1. The van der Waals surface area contributed by atoms with Crippen molar-refractivity contribution in [2.45, 2.75) is 30.7 Å². The first-order chi connectivity index (χ1) is 21.2. The molecular weight excluding hydrogens is 608 g/mol. The van der Waals surface area contributed by atoms with E-state index < -0.39 is 123 Å². The SMILES string of the molecule is O=C(OC1C(Oc2c(-c3cc(O)c(O)c(O)c3)oc3cc(O)cc(O)c3c2=O)OC(CO)C(O)C1O)c1cc(O)c(O)c(O)c1. The fourth-order valence-corrected chi connectivity index (χ4v) is 4.61. The molecule has 2 heterocycles. The zero-order valence-corrected chi connectivity index (χ0v) is 22.4. The number of phenolic OH excluding ortho intramolecular Hbond substituents is 8. The zero-order chi connectivity index (χ0) is 32.9. The third kappa shape index (κ3) is 5.47. The number of aromatic hydroxyl groups is 8. The smallest absolute Gasteiger partial charge is 0.339 e. The van der Waals surface area contributed by atoms with Crippen LogP contribution in [0.15, 0.2) is 45.6 Å². The number of aliphatic hydroxyl groups excluding tert-OH is 3. The summed E-state index contributed by atoms with van der Waals surface area (Å²) in [5.41, 5.74) is -2.47. The minimum atomic E-state index is -2.08. The average Bonchev–Trinajstić information content (AvgIpc) is 2.98. The number of ether oxygens (including phenoxy) is 3. The van der Waals surface area contributed by atoms with Crippen LogP contribution in [0.1, 0.15) is 10.4 Å². The number of aliphatic hydroxyl groups is 3. The number of esters is 1. The van der Waals surface area contributed by atoms with Gasteiger partial charge in [-0.2, -0.15) is 0 Å². The molecule has 5 atom stereocenters. The quantitative estimate of drug-likeness (QED) is 0.0995. The molecule has 1 aromatic heterocycles. The maximum atomic E-state index is 13.7. The minimum absolute atomic E-state index is 0.321. The maximum absolute atomic E-state index is 13.7. The van der Waals surface area contributed by atoms with Gasteiger partial charge in [0.1, 0.15) is 40.8 Å². The minimum Gasteiger partial charge on any atom is -0.508 e. The van der Waals surface area contributed by atoms with Gasteiger partial charge in [0.2, 0.25) is 17.5 Å². The Morgan fingerprint density at radius 1 is 0.778 bits per heavy atom. The molecule has 5 rings (SSSR count).